The van der Waals surface area contributed by atoms with Gasteiger partial charge < -0.3 is 26.4 Å². The molecule has 1 fully saturated rings. The van der Waals surface area contributed by atoms with E-state index in [1.54, 1.807) is 0 Å². The standard InChI is InChI=1S/C24H31N5O5/c1-16(23(32)26-14-18-7-4-6-17-5-2-3-8-19(17)18)27-24(33)20(13-21(25)30)28-22(31)15-29-9-11-34-12-10-29/h2-8,16,20H,9-15H2,1H3,(H2,25,30)(H,26,32)(H,27,33)(H,28,31). The van der Waals surface area contributed by atoms with Crippen molar-refractivity contribution in [2.45, 2.75) is 32.0 Å². The minimum atomic E-state index is -1.17. The molecule has 0 saturated carbocycles. The molecule has 182 valence electrons. The van der Waals surface area contributed by atoms with Crippen molar-refractivity contribution in [3.63, 3.8) is 0 Å². The Hall–Kier alpha value is -3.50. The summed E-state index contributed by atoms with van der Waals surface area (Å²) in [7, 11) is 0. The first-order chi connectivity index (χ1) is 16.3. The number of primary amides is 1. The lowest BCUT2D eigenvalue weighted by Gasteiger charge is -2.27. The molecule has 2 atom stereocenters. The number of morpholine rings is 1. The second-order valence-corrected chi connectivity index (χ2v) is 8.27. The average Bonchev–Trinajstić information content (AvgIpc) is 2.82. The lowest BCUT2D eigenvalue weighted by atomic mass is 10.0. The van der Waals surface area contributed by atoms with E-state index >= 15 is 0 Å². The van der Waals surface area contributed by atoms with E-state index in [2.05, 4.69) is 16.0 Å². The number of benzene rings is 2. The first-order valence-electron chi connectivity index (χ1n) is 11.3. The van der Waals surface area contributed by atoms with Crippen molar-refractivity contribution in [2.24, 2.45) is 5.73 Å². The normalized spacial score (nSPS) is 15.8. The van der Waals surface area contributed by atoms with Crippen LogP contribution in [0, 0.1) is 0 Å². The molecule has 1 aliphatic rings. The fourth-order valence-electron chi connectivity index (χ4n) is 3.77. The van der Waals surface area contributed by atoms with Gasteiger partial charge in [-0.15, -0.1) is 0 Å². The second kappa shape index (κ2) is 12.1. The van der Waals surface area contributed by atoms with Gasteiger partial charge in [0.15, 0.2) is 0 Å². The Morgan fingerprint density at radius 3 is 2.44 bits per heavy atom. The largest absolute Gasteiger partial charge is 0.379 e. The number of amides is 4. The molecule has 2 aromatic rings. The summed E-state index contributed by atoms with van der Waals surface area (Å²) in [4.78, 5) is 51.1. The van der Waals surface area contributed by atoms with Crippen molar-refractivity contribution in [1.82, 2.24) is 20.9 Å². The monoisotopic (exact) mass is 469 g/mol. The zero-order valence-corrected chi connectivity index (χ0v) is 19.2. The fraction of sp³-hybridized carbons (Fsp3) is 0.417. The van der Waals surface area contributed by atoms with Crippen LogP contribution >= 0.6 is 0 Å². The number of fused-ring (bicyclic) bond motifs is 1. The van der Waals surface area contributed by atoms with Gasteiger partial charge in [0.05, 0.1) is 26.2 Å². The zero-order chi connectivity index (χ0) is 24.5. The van der Waals surface area contributed by atoms with Gasteiger partial charge in [-0.05, 0) is 23.3 Å². The van der Waals surface area contributed by atoms with Crippen LogP contribution in [0.1, 0.15) is 18.9 Å². The predicted molar refractivity (Wildman–Crippen MR) is 126 cm³/mol. The Morgan fingerprint density at radius 2 is 1.71 bits per heavy atom. The highest BCUT2D eigenvalue weighted by Gasteiger charge is 2.27. The molecule has 0 aromatic heterocycles. The van der Waals surface area contributed by atoms with Crippen LogP contribution in [0.2, 0.25) is 0 Å². The molecule has 2 unspecified atom stereocenters. The van der Waals surface area contributed by atoms with Crippen LogP contribution in [0.5, 0.6) is 0 Å². The average molecular weight is 470 g/mol. The molecule has 5 N–H and O–H groups in total. The Labute approximate surface area is 198 Å². The summed E-state index contributed by atoms with van der Waals surface area (Å²) in [5.74, 6) is -2.18. The van der Waals surface area contributed by atoms with E-state index < -0.39 is 35.7 Å². The fourth-order valence-corrected chi connectivity index (χ4v) is 3.77. The summed E-state index contributed by atoms with van der Waals surface area (Å²) < 4.78 is 5.25. The molecule has 10 heteroatoms. The maximum atomic E-state index is 12.7. The maximum absolute atomic E-state index is 12.7. The number of carbonyl (C=O) groups excluding carboxylic acids is 4. The molecule has 0 aliphatic carbocycles. The van der Waals surface area contributed by atoms with Gasteiger partial charge in [0, 0.05) is 19.6 Å². The lowest BCUT2D eigenvalue weighted by molar-refractivity contribution is -0.133. The first kappa shape index (κ1) is 25.1. The van der Waals surface area contributed by atoms with E-state index in [0.717, 1.165) is 16.3 Å². The van der Waals surface area contributed by atoms with Crippen LogP contribution in [-0.4, -0.2) is 73.5 Å². The molecule has 2 aromatic carbocycles. The van der Waals surface area contributed by atoms with Crippen LogP contribution in [0.4, 0.5) is 0 Å². The molecule has 10 nitrogen and oxygen atoms in total. The van der Waals surface area contributed by atoms with Crippen molar-refractivity contribution < 1.29 is 23.9 Å². The number of carbonyl (C=O) groups is 4. The van der Waals surface area contributed by atoms with Gasteiger partial charge in [0.25, 0.3) is 0 Å². The van der Waals surface area contributed by atoms with Crippen LogP contribution in [0.15, 0.2) is 42.5 Å². The Morgan fingerprint density at radius 1 is 1.00 bits per heavy atom. The van der Waals surface area contributed by atoms with E-state index in [0.29, 0.717) is 32.8 Å². The molecule has 1 heterocycles. The van der Waals surface area contributed by atoms with Crippen molar-refractivity contribution in [2.75, 3.05) is 32.8 Å². The Balaban J connectivity index is 1.54. The van der Waals surface area contributed by atoms with E-state index in [-0.39, 0.29) is 13.0 Å². The summed E-state index contributed by atoms with van der Waals surface area (Å²) in [5.41, 5.74) is 6.21. The summed E-state index contributed by atoms with van der Waals surface area (Å²) in [5, 5.41) is 10.0. The highest BCUT2D eigenvalue weighted by atomic mass is 16.5. The number of hydrogen-bond acceptors (Lipinski definition) is 6. The smallest absolute Gasteiger partial charge is 0.243 e. The number of nitrogens with two attached hydrogens (primary N) is 1. The van der Waals surface area contributed by atoms with Crippen LogP contribution in [-0.2, 0) is 30.5 Å². The molecule has 0 bridgehead atoms. The third-order valence-corrected chi connectivity index (χ3v) is 5.61. The molecular formula is C24H31N5O5. The predicted octanol–water partition coefficient (Wildman–Crippen LogP) is -0.347. The first-order valence-corrected chi connectivity index (χ1v) is 11.3. The SMILES string of the molecule is CC(NC(=O)C(CC(N)=O)NC(=O)CN1CCOCC1)C(=O)NCc1cccc2ccccc12. The molecule has 0 radical (unpaired) electrons. The molecule has 1 saturated heterocycles. The van der Waals surface area contributed by atoms with Gasteiger partial charge in [-0.2, -0.15) is 0 Å². The zero-order valence-electron chi connectivity index (χ0n) is 19.2. The third kappa shape index (κ3) is 7.26. The van der Waals surface area contributed by atoms with Gasteiger partial charge in [-0.1, -0.05) is 42.5 Å². The molecule has 34 heavy (non-hydrogen) atoms. The van der Waals surface area contributed by atoms with Crippen molar-refractivity contribution >= 4 is 34.4 Å². The quantitative estimate of drug-likeness (QED) is 0.375. The minimum absolute atomic E-state index is 0.0764. The number of ether oxygens (including phenoxy) is 1. The summed E-state index contributed by atoms with van der Waals surface area (Å²) >= 11 is 0. The number of rotatable bonds is 10. The van der Waals surface area contributed by atoms with Gasteiger partial charge in [0.2, 0.25) is 23.6 Å². The Kier molecular flexibility index (Phi) is 8.94. The van der Waals surface area contributed by atoms with Crippen LogP contribution in [0.25, 0.3) is 10.8 Å². The number of nitrogens with zero attached hydrogens (tertiary/aromatic N) is 1. The molecule has 4 amide bonds. The van der Waals surface area contributed by atoms with E-state index in [1.165, 1.54) is 6.92 Å². The molecule has 3 rings (SSSR count). The molecule has 1 aliphatic heterocycles. The van der Waals surface area contributed by atoms with Crippen molar-refractivity contribution in [3.8, 4) is 0 Å². The van der Waals surface area contributed by atoms with Crippen molar-refractivity contribution in [1.29, 1.82) is 0 Å². The van der Waals surface area contributed by atoms with Crippen molar-refractivity contribution in [3.05, 3.63) is 48.0 Å². The maximum Gasteiger partial charge on any atom is 0.243 e. The highest BCUT2D eigenvalue weighted by Crippen LogP contribution is 2.18. The third-order valence-electron chi connectivity index (χ3n) is 5.61. The van der Waals surface area contributed by atoms with Gasteiger partial charge in [0.1, 0.15) is 12.1 Å². The van der Waals surface area contributed by atoms with Crippen LogP contribution in [0.3, 0.4) is 0 Å². The topological polar surface area (TPSA) is 143 Å². The summed E-state index contributed by atoms with van der Waals surface area (Å²) in [6.45, 7) is 4.18. The summed E-state index contributed by atoms with van der Waals surface area (Å²) in [6, 6.07) is 11.7. The van der Waals surface area contributed by atoms with Gasteiger partial charge in [-0.3, -0.25) is 24.1 Å². The Bertz CT molecular complexity index is 1030. The minimum Gasteiger partial charge on any atom is -0.379 e. The molecular weight excluding hydrogens is 438 g/mol. The van der Waals surface area contributed by atoms with E-state index in [4.69, 9.17) is 10.5 Å². The molecule has 0 spiro atoms. The van der Waals surface area contributed by atoms with Gasteiger partial charge in [-0.25, -0.2) is 0 Å². The second-order valence-electron chi connectivity index (χ2n) is 8.27. The summed E-state index contributed by atoms with van der Waals surface area (Å²) in [6.07, 6.45) is -0.370. The van der Waals surface area contributed by atoms with Crippen LogP contribution < -0.4 is 21.7 Å². The van der Waals surface area contributed by atoms with E-state index in [1.807, 2.05) is 47.4 Å². The lowest BCUT2D eigenvalue weighted by Crippen LogP contribution is -2.55. The van der Waals surface area contributed by atoms with Gasteiger partial charge >= 0.3 is 0 Å². The van der Waals surface area contributed by atoms with E-state index in [9.17, 15) is 19.2 Å². The number of nitrogens with one attached hydrogen (secondary N) is 3. The number of hydrogen-bond donors (Lipinski definition) is 4. The highest BCUT2D eigenvalue weighted by molar-refractivity contribution is 5.95.